The van der Waals surface area contributed by atoms with Crippen LogP contribution in [0.4, 0.5) is 5.69 Å². The monoisotopic (exact) mass is 461 g/mol. The van der Waals surface area contributed by atoms with Crippen LogP contribution in [0.1, 0.15) is 33.3 Å². The summed E-state index contributed by atoms with van der Waals surface area (Å²) in [5.74, 6) is 0.788. The largest absolute Gasteiger partial charge is 0.493 e. The molecule has 3 aromatic carbocycles. The molecule has 1 heterocycles. The highest BCUT2D eigenvalue weighted by Gasteiger charge is 2.15. The predicted octanol–water partition coefficient (Wildman–Crippen LogP) is 4.89. The van der Waals surface area contributed by atoms with Crippen LogP contribution in [0.25, 0.3) is 10.1 Å². The lowest BCUT2D eigenvalue weighted by molar-refractivity contribution is 0.0950. The van der Waals surface area contributed by atoms with Crippen LogP contribution in [0.15, 0.2) is 66.7 Å². The van der Waals surface area contributed by atoms with Gasteiger partial charge in [0.05, 0.1) is 18.4 Å². The number of ether oxygens (including phenoxy) is 2. The first kappa shape index (κ1) is 22.3. The molecular formula is C25H23N3O4S. The van der Waals surface area contributed by atoms with Crippen LogP contribution in [-0.4, -0.2) is 29.9 Å². The zero-order chi connectivity index (χ0) is 23.2. The third-order valence-electron chi connectivity index (χ3n) is 4.98. The molecule has 0 aliphatic heterocycles. The number of carbonyl (C=O) groups is 2. The first-order valence-corrected chi connectivity index (χ1v) is 11.2. The van der Waals surface area contributed by atoms with Gasteiger partial charge in [-0.25, -0.2) is 0 Å². The molecule has 4 aromatic rings. The number of hydrogen-bond acceptors (Lipinski definition) is 6. The standard InChI is InChI=1S/C25H23N3O4S/c1-3-32-21-14-16(8-13-20(21)31-2)15-26-24(29)17-9-11-18(12-10-17)27-25(30)23-19-6-4-5-7-22(19)33-28-23/h4-14H,3,15H2,1-2H3,(H,26,29)(H,27,30). The lowest BCUT2D eigenvalue weighted by Crippen LogP contribution is -2.22. The molecule has 33 heavy (non-hydrogen) atoms. The topological polar surface area (TPSA) is 89.6 Å². The number of fused-ring (bicyclic) bond motifs is 1. The molecule has 0 saturated heterocycles. The van der Waals surface area contributed by atoms with Gasteiger partial charge in [-0.15, -0.1) is 0 Å². The van der Waals surface area contributed by atoms with E-state index in [9.17, 15) is 9.59 Å². The van der Waals surface area contributed by atoms with E-state index in [0.717, 1.165) is 15.6 Å². The molecule has 0 spiro atoms. The van der Waals surface area contributed by atoms with Crippen LogP contribution < -0.4 is 20.1 Å². The molecule has 1 aromatic heterocycles. The maximum absolute atomic E-state index is 12.6. The molecule has 8 heteroatoms. The first-order valence-electron chi connectivity index (χ1n) is 10.4. The number of methoxy groups -OCH3 is 1. The van der Waals surface area contributed by atoms with Crippen LogP contribution in [0.3, 0.4) is 0 Å². The minimum atomic E-state index is -0.283. The van der Waals surface area contributed by atoms with Crippen molar-refractivity contribution >= 4 is 39.1 Å². The molecule has 7 nitrogen and oxygen atoms in total. The zero-order valence-electron chi connectivity index (χ0n) is 18.3. The van der Waals surface area contributed by atoms with Gasteiger partial charge in [-0.3, -0.25) is 9.59 Å². The van der Waals surface area contributed by atoms with Crippen LogP contribution in [0.2, 0.25) is 0 Å². The van der Waals surface area contributed by atoms with Crippen molar-refractivity contribution < 1.29 is 19.1 Å². The van der Waals surface area contributed by atoms with E-state index in [1.54, 1.807) is 31.4 Å². The number of nitrogens with one attached hydrogen (secondary N) is 2. The number of amides is 2. The highest BCUT2D eigenvalue weighted by molar-refractivity contribution is 7.13. The van der Waals surface area contributed by atoms with Gasteiger partial charge in [-0.05, 0) is 66.5 Å². The smallest absolute Gasteiger partial charge is 0.276 e. The number of anilines is 1. The summed E-state index contributed by atoms with van der Waals surface area (Å²) in [4.78, 5) is 25.2. The number of benzene rings is 3. The molecule has 4 rings (SSSR count). The second-order valence-corrected chi connectivity index (χ2v) is 7.96. The van der Waals surface area contributed by atoms with Crippen LogP contribution in [-0.2, 0) is 6.54 Å². The lowest BCUT2D eigenvalue weighted by atomic mass is 10.1. The maximum Gasteiger partial charge on any atom is 0.276 e. The molecule has 2 N–H and O–H groups in total. The average Bonchev–Trinajstić information content (AvgIpc) is 3.28. The number of nitrogens with zero attached hydrogens (tertiary/aromatic N) is 1. The van der Waals surface area contributed by atoms with Gasteiger partial charge in [0.25, 0.3) is 11.8 Å². The summed E-state index contributed by atoms with van der Waals surface area (Å²) in [7, 11) is 1.59. The summed E-state index contributed by atoms with van der Waals surface area (Å²) in [5.41, 5.74) is 2.37. The van der Waals surface area contributed by atoms with Crippen molar-refractivity contribution in [1.29, 1.82) is 0 Å². The second-order valence-electron chi connectivity index (χ2n) is 7.16. The summed E-state index contributed by atoms with van der Waals surface area (Å²) < 4.78 is 16.1. The van der Waals surface area contributed by atoms with Crippen molar-refractivity contribution in [3.8, 4) is 11.5 Å². The maximum atomic E-state index is 12.6. The highest BCUT2D eigenvalue weighted by atomic mass is 32.1. The van der Waals surface area contributed by atoms with Crippen LogP contribution in [0.5, 0.6) is 11.5 Å². The molecule has 0 bridgehead atoms. The van der Waals surface area contributed by atoms with Crippen molar-refractivity contribution in [1.82, 2.24) is 9.69 Å². The molecule has 0 unspecified atom stereocenters. The van der Waals surface area contributed by atoms with Crippen molar-refractivity contribution in [3.05, 3.63) is 83.6 Å². The number of hydrogen-bond donors (Lipinski definition) is 2. The van der Waals surface area contributed by atoms with Gasteiger partial charge < -0.3 is 20.1 Å². The van der Waals surface area contributed by atoms with Crippen LogP contribution >= 0.6 is 11.5 Å². The molecule has 0 radical (unpaired) electrons. The molecular weight excluding hydrogens is 438 g/mol. The quantitative estimate of drug-likeness (QED) is 0.390. The fraction of sp³-hybridized carbons (Fsp3) is 0.160. The first-order chi connectivity index (χ1) is 16.1. The third-order valence-corrected chi connectivity index (χ3v) is 5.80. The van der Waals surface area contributed by atoms with Gasteiger partial charge in [-0.2, -0.15) is 4.37 Å². The Morgan fingerprint density at radius 2 is 1.76 bits per heavy atom. The second kappa shape index (κ2) is 10.1. The Morgan fingerprint density at radius 3 is 2.52 bits per heavy atom. The Balaban J connectivity index is 1.37. The van der Waals surface area contributed by atoms with Crippen molar-refractivity contribution in [3.63, 3.8) is 0 Å². The van der Waals surface area contributed by atoms with Crippen molar-refractivity contribution in [2.75, 3.05) is 19.0 Å². The summed E-state index contributed by atoms with van der Waals surface area (Å²) in [6, 6.07) is 19.9. The molecule has 2 amide bonds. The zero-order valence-corrected chi connectivity index (χ0v) is 19.1. The van der Waals surface area contributed by atoms with E-state index in [4.69, 9.17) is 9.47 Å². The molecule has 168 valence electrons. The minimum absolute atomic E-state index is 0.216. The van der Waals surface area contributed by atoms with Gasteiger partial charge >= 0.3 is 0 Å². The fourth-order valence-electron chi connectivity index (χ4n) is 3.33. The number of carbonyl (C=O) groups excluding carboxylic acids is 2. The Morgan fingerprint density at radius 1 is 0.970 bits per heavy atom. The highest BCUT2D eigenvalue weighted by Crippen LogP contribution is 2.28. The summed E-state index contributed by atoms with van der Waals surface area (Å²) >= 11 is 1.29. The van der Waals surface area contributed by atoms with Crippen molar-refractivity contribution in [2.24, 2.45) is 0 Å². The molecule has 0 aliphatic carbocycles. The number of aromatic nitrogens is 1. The number of rotatable bonds is 8. The van der Waals surface area contributed by atoms with Crippen LogP contribution in [0, 0.1) is 0 Å². The van der Waals surface area contributed by atoms with Crippen molar-refractivity contribution in [2.45, 2.75) is 13.5 Å². The molecule has 0 aliphatic rings. The Kier molecular flexibility index (Phi) is 6.85. The molecule has 0 atom stereocenters. The van der Waals surface area contributed by atoms with Gasteiger partial charge in [-0.1, -0.05) is 24.3 Å². The van der Waals surface area contributed by atoms with E-state index in [1.807, 2.05) is 49.4 Å². The Hall–Kier alpha value is -3.91. The van der Waals surface area contributed by atoms with E-state index in [0.29, 0.717) is 41.6 Å². The summed E-state index contributed by atoms with van der Waals surface area (Å²) in [6.45, 7) is 2.77. The van der Waals surface area contributed by atoms with E-state index in [1.165, 1.54) is 11.5 Å². The van der Waals surface area contributed by atoms with E-state index >= 15 is 0 Å². The Bertz CT molecular complexity index is 1280. The van der Waals surface area contributed by atoms with Gasteiger partial charge in [0.1, 0.15) is 5.69 Å². The SMILES string of the molecule is CCOc1cc(CNC(=O)c2ccc(NC(=O)c3nsc4ccccc34)cc2)ccc1OC. The van der Waals surface area contributed by atoms with Gasteiger partial charge in [0, 0.05) is 23.2 Å². The summed E-state index contributed by atoms with van der Waals surface area (Å²) in [6.07, 6.45) is 0. The van der Waals surface area contributed by atoms with Gasteiger partial charge in [0.2, 0.25) is 0 Å². The third kappa shape index (κ3) is 5.12. The predicted molar refractivity (Wildman–Crippen MR) is 129 cm³/mol. The normalized spacial score (nSPS) is 10.6. The minimum Gasteiger partial charge on any atom is -0.493 e. The van der Waals surface area contributed by atoms with E-state index < -0.39 is 0 Å². The molecule has 0 fully saturated rings. The molecule has 0 saturated carbocycles. The summed E-state index contributed by atoms with van der Waals surface area (Å²) in [5, 5.41) is 6.55. The van der Waals surface area contributed by atoms with Gasteiger partial charge in [0.15, 0.2) is 11.5 Å². The van der Waals surface area contributed by atoms with E-state index in [-0.39, 0.29) is 11.8 Å². The average molecular weight is 462 g/mol. The fourth-order valence-corrected chi connectivity index (χ4v) is 4.10. The van der Waals surface area contributed by atoms with E-state index in [2.05, 4.69) is 15.0 Å². The Labute approximate surface area is 195 Å². The lowest BCUT2D eigenvalue weighted by Gasteiger charge is -2.12.